The van der Waals surface area contributed by atoms with E-state index in [2.05, 4.69) is 0 Å². The van der Waals surface area contributed by atoms with Gasteiger partial charge in [0.05, 0.1) is 5.92 Å². The van der Waals surface area contributed by atoms with Gasteiger partial charge in [0.1, 0.15) is 0 Å². The van der Waals surface area contributed by atoms with Crippen LogP contribution in [0.25, 0.3) is 0 Å². The Morgan fingerprint density at radius 2 is 2.20 bits per heavy atom. The monoisotopic (exact) mass is 208 g/mol. The van der Waals surface area contributed by atoms with Crippen LogP contribution in [0.1, 0.15) is 20.3 Å². The summed E-state index contributed by atoms with van der Waals surface area (Å²) in [6.45, 7) is 4.07. The van der Waals surface area contributed by atoms with E-state index in [1.165, 1.54) is 6.20 Å². The van der Waals surface area contributed by atoms with E-state index in [1.54, 1.807) is 12.2 Å². The van der Waals surface area contributed by atoms with E-state index in [0.29, 0.717) is 5.92 Å². The molecule has 0 saturated heterocycles. The molecule has 1 rings (SSSR count). The molecule has 4 heteroatoms. The van der Waals surface area contributed by atoms with Gasteiger partial charge in [-0.2, -0.15) is 0 Å². The minimum Gasteiger partial charge on any atom is -0.351 e. The van der Waals surface area contributed by atoms with Crippen molar-refractivity contribution in [3.05, 3.63) is 24.4 Å². The number of carbonyl (C=O) groups is 2. The molecule has 1 aliphatic rings. The molecule has 1 heterocycles. The Bertz CT molecular complexity index is 319. The van der Waals surface area contributed by atoms with Crippen LogP contribution in [0.15, 0.2) is 24.4 Å². The van der Waals surface area contributed by atoms with Gasteiger partial charge in [-0.15, -0.1) is 0 Å². The van der Waals surface area contributed by atoms with Gasteiger partial charge < -0.3 is 5.73 Å². The summed E-state index contributed by atoms with van der Waals surface area (Å²) in [5.74, 6) is -0.106. The van der Waals surface area contributed by atoms with Crippen molar-refractivity contribution >= 4 is 11.9 Å². The molecule has 0 saturated carbocycles. The van der Waals surface area contributed by atoms with Gasteiger partial charge in [0.15, 0.2) is 0 Å². The molecule has 1 aliphatic heterocycles. The predicted octanol–water partition coefficient (Wildman–Crippen LogP) is 1.64. The van der Waals surface area contributed by atoms with Crippen molar-refractivity contribution in [1.82, 2.24) is 4.90 Å². The molecule has 82 valence electrons. The largest absolute Gasteiger partial charge is 0.351 e. The van der Waals surface area contributed by atoms with Gasteiger partial charge in [0.2, 0.25) is 5.91 Å². The average Bonchev–Trinajstić information content (AvgIpc) is 2.29. The third kappa shape index (κ3) is 2.94. The molecule has 0 spiro atoms. The number of hydrogen-bond donors (Lipinski definition) is 1. The van der Waals surface area contributed by atoms with Gasteiger partial charge in [-0.1, -0.05) is 26.0 Å². The normalized spacial score (nSPS) is 20.9. The van der Waals surface area contributed by atoms with Crippen molar-refractivity contribution in [2.45, 2.75) is 20.3 Å². The number of primary amides is 1. The Labute approximate surface area is 89.4 Å². The van der Waals surface area contributed by atoms with E-state index in [4.69, 9.17) is 5.73 Å². The fourth-order valence-electron chi connectivity index (χ4n) is 1.54. The Morgan fingerprint density at radius 1 is 1.53 bits per heavy atom. The lowest BCUT2D eigenvalue weighted by Crippen LogP contribution is -2.39. The Kier molecular flexibility index (Phi) is 3.66. The van der Waals surface area contributed by atoms with Gasteiger partial charge in [-0.25, -0.2) is 9.69 Å². The number of carbonyl (C=O) groups excluding carboxylic acids is 2. The molecule has 1 atom stereocenters. The summed E-state index contributed by atoms with van der Waals surface area (Å²) >= 11 is 0. The lowest BCUT2D eigenvalue weighted by Gasteiger charge is -2.19. The van der Waals surface area contributed by atoms with Gasteiger partial charge in [-0.05, 0) is 18.4 Å². The van der Waals surface area contributed by atoms with E-state index >= 15 is 0 Å². The molecule has 0 aromatic rings. The maximum atomic E-state index is 11.8. The summed E-state index contributed by atoms with van der Waals surface area (Å²) in [7, 11) is 0. The standard InChI is InChI=1S/C11H16N2O2/c1-8(2)7-9-5-3-4-6-13(10(9)14)11(12)15/h3-6,8-9H,7H2,1-2H3,(H2,12,15). The number of rotatable bonds is 2. The zero-order valence-corrected chi connectivity index (χ0v) is 9.01. The van der Waals surface area contributed by atoms with Crippen LogP contribution < -0.4 is 5.73 Å². The number of allylic oxidation sites excluding steroid dienone is 2. The van der Waals surface area contributed by atoms with E-state index in [-0.39, 0.29) is 11.8 Å². The maximum Gasteiger partial charge on any atom is 0.325 e. The van der Waals surface area contributed by atoms with Crippen molar-refractivity contribution in [3.63, 3.8) is 0 Å². The van der Waals surface area contributed by atoms with Crippen LogP contribution in [0.5, 0.6) is 0 Å². The first-order valence-corrected chi connectivity index (χ1v) is 5.00. The highest BCUT2D eigenvalue weighted by molar-refractivity contribution is 5.97. The lowest BCUT2D eigenvalue weighted by atomic mass is 9.96. The minimum atomic E-state index is -0.728. The number of hydrogen-bond acceptors (Lipinski definition) is 2. The molecule has 2 N–H and O–H groups in total. The summed E-state index contributed by atoms with van der Waals surface area (Å²) < 4.78 is 0. The fourth-order valence-corrected chi connectivity index (χ4v) is 1.54. The first-order chi connectivity index (χ1) is 7.02. The highest BCUT2D eigenvalue weighted by Gasteiger charge is 2.25. The predicted molar refractivity (Wildman–Crippen MR) is 57.7 cm³/mol. The first kappa shape index (κ1) is 11.5. The first-order valence-electron chi connectivity index (χ1n) is 5.00. The second-order valence-electron chi connectivity index (χ2n) is 4.01. The van der Waals surface area contributed by atoms with Crippen LogP contribution in [0.4, 0.5) is 4.79 Å². The van der Waals surface area contributed by atoms with Crippen LogP contribution in [-0.2, 0) is 4.79 Å². The molecular weight excluding hydrogens is 192 g/mol. The Morgan fingerprint density at radius 3 is 2.73 bits per heavy atom. The molecule has 15 heavy (non-hydrogen) atoms. The van der Waals surface area contributed by atoms with Crippen molar-refractivity contribution in [3.8, 4) is 0 Å². The minimum absolute atomic E-state index is 0.249. The average molecular weight is 208 g/mol. The van der Waals surface area contributed by atoms with Crippen molar-refractivity contribution in [2.24, 2.45) is 17.6 Å². The molecule has 0 radical (unpaired) electrons. The molecule has 3 amide bonds. The van der Waals surface area contributed by atoms with Gasteiger partial charge in [-0.3, -0.25) is 4.79 Å². The quantitative estimate of drug-likeness (QED) is 0.749. The van der Waals surface area contributed by atoms with Crippen molar-refractivity contribution < 1.29 is 9.59 Å². The molecule has 0 fully saturated rings. The molecule has 0 aliphatic carbocycles. The molecule has 4 nitrogen and oxygen atoms in total. The van der Waals surface area contributed by atoms with Gasteiger partial charge in [0, 0.05) is 6.20 Å². The SMILES string of the molecule is CC(C)CC1C=CC=CN(C(N)=O)C1=O. The van der Waals surface area contributed by atoms with Crippen molar-refractivity contribution in [2.75, 3.05) is 0 Å². The molecule has 1 unspecified atom stereocenters. The van der Waals surface area contributed by atoms with E-state index in [9.17, 15) is 9.59 Å². The van der Waals surface area contributed by atoms with Crippen LogP contribution in [0, 0.1) is 11.8 Å². The van der Waals surface area contributed by atoms with Crippen molar-refractivity contribution in [1.29, 1.82) is 0 Å². The number of nitrogens with zero attached hydrogens (tertiary/aromatic N) is 1. The van der Waals surface area contributed by atoms with Crippen LogP contribution >= 0.6 is 0 Å². The zero-order valence-electron chi connectivity index (χ0n) is 9.01. The number of urea groups is 1. The molecule has 0 aromatic carbocycles. The summed E-state index contributed by atoms with van der Waals surface area (Å²) in [4.78, 5) is 23.8. The molecule has 0 aromatic heterocycles. The summed E-state index contributed by atoms with van der Waals surface area (Å²) in [5, 5.41) is 0. The Balaban J connectivity index is 2.83. The number of imide groups is 1. The summed E-state index contributed by atoms with van der Waals surface area (Å²) in [6.07, 6.45) is 7.35. The summed E-state index contributed by atoms with van der Waals surface area (Å²) in [5.41, 5.74) is 5.11. The van der Waals surface area contributed by atoms with Crippen LogP contribution in [0.3, 0.4) is 0 Å². The second-order valence-corrected chi connectivity index (χ2v) is 4.01. The van der Waals surface area contributed by atoms with Crippen LogP contribution in [-0.4, -0.2) is 16.8 Å². The second kappa shape index (κ2) is 4.77. The maximum absolute atomic E-state index is 11.8. The fraction of sp³-hybridized carbons (Fsp3) is 0.455. The number of nitrogens with two attached hydrogens (primary N) is 1. The highest BCUT2D eigenvalue weighted by Crippen LogP contribution is 2.18. The zero-order chi connectivity index (χ0) is 11.4. The number of amides is 3. The van der Waals surface area contributed by atoms with E-state index in [0.717, 1.165) is 11.3 Å². The third-order valence-electron chi connectivity index (χ3n) is 2.21. The Hall–Kier alpha value is -1.58. The van der Waals surface area contributed by atoms with Gasteiger partial charge in [0.25, 0.3) is 0 Å². The lowest BCUT2D eigenvalue weighted by molar-refractivity contribution is -0.129. The van der Waals surface area contributed by atoms with Crippen LogP contribution in [0.2, 0.25) is 0 Å². The third-order valence-corrected chi connectivity index (χ3v) is 2.21. The molecular formula is C11H16N2O2. The van der Waals surface area contributed by atoms with E-state index in [1.807, 2.05) is 19.9 Å². The topological polar surface area (TPSA) is 63.4 Å². The molecule has 0 bridgehead atoms. The van der Waals surface area contributed by atoms with E-state index < -0.39 is 6.03 Å². The van der Waals surface area contributed by atoms with Gasteiger partial charge >= 0.3 is 6.03 Å². The smallest absolute Gasteiger partial charge is 0.325 e. The highest BCUT2D eigenvalue weighted by atomic mass is 16.2. The summed E-state index contributed by atoms with van der Waals surface area (Å²) in [6, 6.07) is -0.728.